The van der Waals surface area contributed by atoms with Crippen LogP contribution in [0.25, 0.3) is 11.3 Å². The molecule has 9 nitrogen and oxygen atoms in total. The number of rotatable bonds is 5. The van der Waals surface area contributed by atoms with Crippen molar-refractivity contribution in [2.75, 3.05) is 30.9 Å². The van der Waals surface area contributed by atoms with Crippen LogP contribution in [0.3, 0.4) is 0 Å². The Morgan fingerprint density at radius 2 is 1.77 bits per heavy atom. The molecule has 0 spiro atoms. The van der Waals surface area contributed by atoms with E-state index in [9.17, 15) is 9.59 Å². The molecule has 0 unspecified atom stereocenters. The summed E-state index contributed by atoms with van der Waals surface area (Å²) < 4.78 is 16.0. The number of aromatic nitrogens is 1. The number of amides is 2. The lowest BCUT2D eigenvalue weighted by Crippen LogP contribution is -2.29. The van der Waals surface area contributed by atoms with Crippen LogP contribution in [0.2, 0.25) is 0 Å². The SMILES string of the molecule is COc1cc(NC(=O)C(=O)Nc2ccc(C3=NCCO3)cc2)ccc1-c1cnco1. The van der Waals surface area contributed by atoms with Crippen LogP contribution in [0.15, 0.2) is 64.5 Å². The van der Waals surface area contributed by atoms with Crippen molar-refractivity contribution in [1.82, 2.24) is 4.98 Å². The third-order valence-corrected chi connectivity index (χ3v) is 4.34. The third kappa shape index (κ3) is 4.14. The van der Waals surface area contributed by atoms with E-state index < -0.39 is 11.8 Å². The number of nitrogens with zero attached hydrogens (tertiary/aromatic N) is 2. The molecule has 3 aromatic rings. The Bertz CT molecular complexity index is 1090. The summed E-state index contributed by atoms with van der Waals surface area (Å²) in [6.45, 7) is 1.20. The number of oxazole rings is 1. The second kappa shape index (κ2) is 8.48. The Balaban J connectivity index is 1.40. The molecular formula is C21H18N4O5. The molecule has 0 bridgehead atoms. The van der Waals surface area contributed by atoms with Gasteiger partial charge in [-0.25, -0.2) is 9.98 Å². The molecule has 2 N–H and O–H groups in total. The lowest BCUT2D eigenvalue weighted by atomic mass is 10.1. The quantitative estimate of drug-likeness (QED) is 0.630. The van der Waals surface area contributed by atoms with Gasteiger partial charge in [0, 0.05) is 23.0 Å². The van der Waals surface area contributed by atoms with Crippen LogP contribution in [-0.4, -0.2) is 43.0 Å². The van der Waals surface area contributed by atoms with Crippen LogP contribution in [0.5, 0.6) is 5.75 Å². The maximum absolute atomic E-state index is 12.3. The first kappa shape index (κ1) is 19.2. The average molecular weight is 406 g/mol. The number of carbonyl (C=O) groups is 2. The predicted octanol–water partition coefficient (Wildman–Crippen LogP) is 2.70. The summed E-state index contributed by atoms with van der Waals surface area (Å²) in [5.74, 6) is -0.0293. The molecule has 4 rings (SSSR count). The molecule has 0 saturated carbocycles. The lowest BCUT2D eigenvalue weighted by molar-refractivity contribution is -0.132. The van der Waals surface area contributed by atoms with Crippen molar-refractivity contribution in [2.24, 2.45) is 4.99 Å². The minimum atomic E-state index is -0.808. The number of benzene rings is 2. The zero-order valence-corrected chi connectivity index (χ0v) is 16.0. The molecule has 0 aliphatic carbocycles. The fraction of sp³-hybridized carbons (Fsp3) is 0.143. The van der Waals surface area contributed by atoms with Crippen molar-refractivity contribution in [3.63, 3.8) is 0 Å². The number of carbonyl (C=O) groups excluding carboxylic acids is 2. The molecule has 152 valence electrons. The first-order valence-electron chi connectivity index (χ1n) is 9.11. The summed E-state index contributed by atoms with van der Waals surface area (Å²) in [4.78, 5) is 32.6. The highest BCUT2D eigenvalue weighted by Crippen LogP contribution is 2.32. The van der Waals surface area contributed by atoms with Crippen LogP contribution >= 0.6 is 0 Å². The van der Waals surface area contributed by atoms with E-state index >= 15 is 0 Å². The molecule has 0 saturated heterocycles. The number of anilines is 2. The van der Waals surface area contributed by atoms with Crippen LogP contribution in [0.1, 0.15) is 5.56 Å². The molecule has 2 amide bonds. The number of hydrogen-bond donors (Lipinski definition) is 2. The minimum absolute atomic E-state index is 0.405. The Hall–Kier alpha value is -4.14. The highest BCUT2D eigenvalue weighted by Gasteiger charge is 2.17. The van der Waals surface area contributed by atoms with E-state index in [-0.39, 0.29) is 0 Å². The molecular weight excluding hydrogens is 388 g/mol. The van der Waals surface area contributed by atoms with E-state index in [0.29, 0.717) is 47.5 Å². The summed E-state index contributed by atoms with van der Waals surface area (Å²) in [7, 11) is 1.50. The van der Waals surface area contributed by atoms with Gasteiger partial charge in [-0.05, 0) is 36.4 Å². The Morgan fingerprint density at radius 1 is 1.03 bits per heavy atom. The van der Waals surface area contributed by atoms with Gasteiger partial charge in [0.1, 0.15) is 12.4 Å². The van der Waals surface area contributed by atoms with Crippen molar-refractivity contribution in [3.05, 3.63) is 60.6 Å². The third-order valence-electron chi connectivity index (χ3n) is 4.34. The van der Waals surface area contributed by atoms with Gasteiger partial charge >= 0.3 is 11.8 Å². The molecule has 1 aromatic heterocycles. The maximum atomic E-state index is 12.3. The van der Waals surface area contributed by atoms with Crippen molar-refractivity contribution < 1.29 is 23.5 Å². The van der Waals surface area contributed by atoms with Crippen molar-refractivity contribution >= 4 is 29.1 Å². The number of nitrogens with one attached hydrogen (secondary N) is 2. The van der Waals surface area contributed by atoms with Gasteiger partial charge in [0.25, 0.3) is 0 Å². The van der Waals surface area contributed by atoms with Gasteiger partial charge < -0.3 is 24.5 Å². The van der Waals surface area contributed by atoms with E-state index in [2.05, 4.69) is 20.6 Å². The fourth-order valence-electron chi connectivity index (χ4n) is 2.90. The first-order valence-corrected chi connectivity index (χ1v) is 9.11. The molecule has 9 heteroatoms. The molecule has 1 aliphatic heterocycles. The van der Waals surface area contributed by atoms with Crippen LogP contribution in [0, 0.1) is 0 Å². The second-order valence-electron chi connectivity index (χ2n) is 6.30. The summed E-state index contributed by atoms with van der Waals surface area (Å²) in [6.07, 6.45) is 2.87. The van der Waals surface area contributed by atoms with Crippen molar-refractivity contribution in [1.29, 1.82) is 0 Å². The molecule has 0 atom stereocenters. The van der Waals surface area contributed by atoms with E-state index in [1.165, 1.54) is 13.5 Å². The summed E-state index contributed by atoms with van der Waals surface area (Å²) in [5, 5.41) is 5.10. The average Bonchev–Trinajstić information content (AvgIpc) is 3.48. The normalized spacial score (nSPS) is 12.6. The van der Waals surface area contributed by atoms with Gasteiger partial charge in [0.15, 0.2) is 12.2 Å². The Labute approximate surface area is 171 Å². The minimum Gasteiger partial charge on any atom is -0.496 e. The van der Waals surface area contributed by atoms with Gasteiger partial charge in [-0.3, -0.25) is 9.59 Å². The molecule has 0 radical (unpaired) electrons. The number of aliphatic imine (C=N–C) groups is 1. The molecule has 0 fully saturated rings. The zero-order chi connectivity index (χ0) is 20.9. The van der Waals surface area contributed by atoms with Gasteiger partial charge in [0.2, 0.25) is 5.90 Å². The standard InChI is InChI=1S/C21H18N4O5/c1-28-17-10-15(6-7-16(17)18-11-22-12-30-18)25-20(27)19(26)24-14-4-2-13(3-5-14)21-23-8-9-29-21/h2-7,10-12H,8-9H2,1H3,(H,24,26)(H,25,27). The molecule has 1 aliphatic rings. The zero-order valence-electron chi connectivity index (χ0n) is 16.0. The smallest absolute Gasteiger partial charge is 0.314 e. The first-order chi connectivity index (χ1) is 14.6. The Kier molecular flexibility index (Phi) is 5.42. The topological polar surface area (TPSA) is 115 Å². The van der Waals surface area contributed by atoms with Crippen LogP contribution in [0.4, 0.5) is 11.4 Å². The highest BCUT2D eigenvalue weighted by molar-refractivity contribution is 6.43. The molecule has 2 heterocycles. The molecule has 2 aromatic carbocycles. The molecule has 30 heavy (non-hydrogen) atoms. The van der Waals surface area contributed by atoms with Crippen LogP contribution in [-0.2, 0) is 14.3 Å². The highest BCUT2D eigenvalue weighted by atomic mass is 16.5. The summed E-state index contributed by atoms with van der Waals surface area (Å²) in [6, 6.07) is 11.8. The van der Waals surface area contributed by atoms with Crippen molar-refractivity contribution in [2.45, 2.75) is 0 Å². The van der Waals surface area contributed by atoms with E-state index in [0.717, 1.165) is 5.56 Å². The van der Waals surface area contributed by atoms with Gasteiger partial charge in [-0.1, -0.05) is 0 Å². The van der Waals surface area contributed by atoms with Crippen LogP contribution < -0.4 is 15.4 Å². The second-order valence-corrected chi connectivity index (χ2v) is 6.30. The predicted molar refractivity (Wildman–Crippen MR) is 110 cm³/mol. The van der Waals surface area contributed by atoms with Gasteiger partial charge in [0.05, 0.1) is 25.4 Å². The van der Waals surface area contributed by atoms with E-state index in [1.54, 1.807) is 48.7 Å². The summed E-state index contributed by atoms with van der Waals surface area (Å²) >= 11 is 0. The van der Waals surface area contributed by atoms with Crippen molar-refractivity contribution in [3.8, 4) is 17.1 Å². The van der Waals surface area contributed by atoms with Gasteiger partial charge in [-0.2, -0.15) is 0 Å². The number of hydrogen-bond acceptors (Lipinski definition) is 7. The number of methoxy groups -OCH3 is 1. The fourth-order valence-corrected chi connectivity index (χ4v) is 2.90. The lowest BCUT2D eigenvalue weighted by Gasteiger charge is -2.10. The largest absolute Gasteiger partial charge is 0.496 e. The number of ether oxygens (including phenoxy) is 2. The van der Waals surface area contributed by atoms with E-state index in [4.69, 9.17) is 13.9 Å². The van der Waals surface area contributed by atoms with Gasteiger partial charge in [-0.15, -0.1) is 0 Å². The monoisotopic (exact) mass is 406 g/mol. The van der Waals surface area contributed by atoms with E-state index in [1.807, 2.05) is 0 Å². The summed E-state index contributed by atoms with van der Waals surface area (Å²) in [5.41, 5.74) is 2.38. The maximum Gasteiger partial charge on any atom is 0.314 e. The Morgan fingerprint density at radius 3 is 2.40 bits per heavy atom.